The van der Waals surface area contributed by atoms with Crippen molar-refractivity contribution in [1.82, 2.24) is 20.0 Å². The van der Waals surface area contributed by atoms with Crippen LogP contribution < -0.4 is 0 Å². The number of benzene rings is 1. The minimum absolute atomic E-state index is 0.0264. The van der Waals surface area contributed by atoms with Gasteiger partial charge in [0.2, 0.25) is 0 Å². The molecule has 112 valence electrons. The number of rotatable bonds is 3. The molecule has 1 aromatic heterocycles. The Morgan fingerprint density at radius 2 is 2.33 bits per heavy atom. The van der Waals surface area contributed by atoms with E-state index in [-0.39, 0.29) is 11.9 Å². The third-order valence-corrected chi connectivity index (χ3v) is 3.92. The number of fused-ring (bicyclic) bond motifs is 1. The van der Waals surface area contributed by atoms with E-state index in [9.17, 15) is 9.90 Å². The third-order valence-electron chi connectivity index (χ3n) is 3.92. The summed E-state index contributed by atoms with van der Waals surface area (Å²) in [6.45, 7) is 1.16. The molecule has 6 heteroatoms. The zero-order valence-electron chi connectivity index (χ0n) is 12.3. The summed E-state index contributed by atoms with van der Waals surface area (Å²) in [6.07, 6.45) is 1.91. The van der Waals surface area contributed by atoms with Crippen LogP contribution in [0.5, 0.6) is 0 Å². The van der Waals surface area contributed by atoms with Crippen LogP contribution in [0.25, 0.3) is 10.9 Å². The fraction of sp³-hybridized carbons (Fsp3) is 0.467. The van der Waals surface area contributed by atoms with Crippen LogP contribution >= 0.6 is 0 Å². The van der Waals surface area contributed by atoms with Crippen LogP contribution in [0, 0.1) is 0 Å². The fourth-order valence-electron chi connectivity index (χ4n) is 2.98. The average molecular weight is 288 g/mol. The van der Waals surface area contributed by atoms with Crippen LogP contribution in [-0.4, -0.2) is 70.3 Å². The molecule has 2 heterocycles. The van der Waals surface area contributed by atoms with Gasteiger partial charge in [0.25, 0.3) is 5.91 Å². The minimum atomic E-state index is -0.434. The molecule has 1 aromatic carbocycles. The summed E-state index contributed by atoms with van der Waals surface area (Å²) in [5.41, 5.74) is 1.56. The molecule has 1 fully saturated rings. The summed E-state index contributed by atoms with van der Waals surface area (Å²) in [6, 6.07) is 5.57. The van der Waals surface area contributed by atoms with E-state index in [0.717, 1.165) is 17.4 Å². The zero-order chi connectivity index (χ0) is 15.0. The van der Waals surface area contributed by atoms with Gasteiger partial charge >= 0.3 is 0 Å². The number of nitrogens with one attached hydrogen (secondary N) is 1. The van der Waals surface area contributed by atoms with E-state index >= 15 is 0 Å². The molecule has 0 bridgehead atoms. The molecule has 1 saturated heterocycles. The van der Waals surface area contributed by atoms with Crippen molar-refractivity contribution in [3.8, 4) is 0 Å². The van der Waals surface area contributed by atoms with Gasteiger partial charge in [0.05, 0.1) is 17.8 Å². The van der Waals surface area contributed by atoms with E-state index in [1.165, 1.54) is 0 Å². The van der Waals surface area contributed by atoms with Gasteiger partial charge in [-0.3, -0.25) is 9.89 Å². The Labute approximate surface area is 123 Å². The number of amides is 1. The summed E-state index contributed by atoms with van der Waals surface area (Å²) in [4.78, 5) is 16.5. The molecule has 0 aliphatic carbocycles. The van der Waals surface area contributed by atoms with Crippen LogP contribution in [0.1, 0.15) is 16.8 Å². The molecule has 6 nitrogen and oxygen atoms in total. The number of likely N-dealkylation sites (tertiary alicyclic amines) is 1. The van der Waals surface area contributed by atoms with Crippen LogP contribution in [0.15, 0.2) is 24.4 Å². The van der Waals surface area contributed by atoms with Crippen molar-refractivity contribution in [2.24, 2.45) is 0 Å². The van der Waals surface area contributed by atoms with Gasteiger partial charge in [-0.2, -0.15) is 5.10 Å². The summed E-state index contributed by atoms with van der Waals surface area (Å²) in [5, 5.41) is 17.7. The largest absolute Gasteiger partial charge is 0.391 e. The van der Waals surface area contributed by atoms with Gasteiger partial charge in [0.15, 0.2) is 0 Å². The average Bonchev–Trinajstić information content (AvgIpc) is 3.02. The first-order chi connectivity index (χ1) is 10.0. The van der Waals surface area contributed by atoms with Crippen molar-refractivity contribution in [1.29, 1.82) is 0 Å². The molecule has 21 heavy (non-hydrogen) atoms. The Balaban J connectivity index is 1.85. The molecular formula is C15H20N4O2. The summed E-state index contributed by atoms with van der Waals surface area (Å²) < 4.78 is 0. The van der Waals surface area contributed by atoms with E-state index < -0.39 is 6.10 Å². The van der Waals surface area contributed by atoms with Gasteiger partial charge in [0.1, 0.15) is 0 Å². The highest BCUT2D eigenvalue weighted by Crippen LogP contribution is 2.22. The predicted octanol–water partition coefficient (Wildman–Crippen LogP) is 0.700. The van der Waals surface area contributed by atoms with Crippen LogP contribution in [0.2, 0.25) is 0 Å². The molecule has 0 radical (unpaired) electrons. The van der Waals surface area contributed by atoms with Crippen molar-refractivity contribution >= 4 is 16.8 Å². The van der Waals surface area contributed by atoms with Crippen LogP contribution in [-0.2, 0) is 0 Å². The highest BCUT2D eigenvalue weighted by molar-refractivity contribution is 5.98. The second kappa shape index (κ2) is 5.46. The SMILES string of the molecule is CN(C)CC1CC(O)CN1C(=O)c1ccc2[nH]ncc2c1. The van der Waals surface area contributed by atoms with Crippen molar-refractivity contribution < 1.29 is 9.90 Å². The lowest BCUT2D eigenvalue weighted by atomic mass is 10.1. The van der Waals surface area contributed by atoms with E-state index in [2.05, 4.69) is 10.2 Å². The third kappa shape index (κ3) is 2.77. The first kappa shape index (κ1) is 14.0. The van der Waals surface area contributed by atoms with Gasteiger partial charge in [-0.25, -0.2) is 0 Å². The Kier molecular flexibility index (Phi) is 3.65. The second-order valence-corrected chi connectivity index (χ2v) is 5.94. The molecule has 1 aliphatic rings. The number of aliphatic hydroxyl groups is 1. The van der Waals surface area contributed by atoms with Crippen molar-refractivity contribution in [3.05, 3.63) is 30.0 Å². The minimum Gasteiger partial charge on any atom is -0.391 e. The zero-order valence-corrected chi connectivity index (χ0v) is 12.3. The van der Waals surface area contributed by atoms with Crippen molar-refractivity contribution in [2.75, 3.05) is 27.2 Å². The maximum atomic E-state index is 12.7. The fourth-order valence-corrected chi connectivity index (χ4v) is 2.98. The normalized spacial score (nSPS) is 22.4. The number of hydrogen-bond acceptors (Lipinski definition) is 4. The van der Waals surface area contributed by atoms with Crippen molar-refractivity contribution in [2.45, 2.75) is 18.6 Å². The van der Waals surface area contributed by atoms with Gasteiger partial charge in [0, 0.05) is 30.1 Å². The Bertz CT molecular complexity index is 652. The predicted molar refractivity (Wildman–Crippen MR) is 80.1 cm³/mol. The molecule has 2 aromatic rings. The number of hydrogen-bond donors (Lipinski definition) is 2. The van der Waals surface area contributed by atoms with Gasteiger partial charge < -0.3 is 14.9 Å². The first-order valence-electron chi connectivity index (χ1n) is 7.11. The number of nitrogens with zero attached hydrogens (tertiary/aromatic N) is 3. The molecule has 0 saturated carbocycles. The van der Waals surface area contributed by atoms with Gasteiger partial charge in [-0.1, -0.05) is 0 Å². The number of H-pyrrole nitrogens is 1. The lowest BCUT2D eigenvalue weighted by Gasteiger charge is -2.26. The van der Waals surface area contributed by atoms with Gasteiger partial charge in [-0.15, -0.1) is 0 Å². The number of carbonyl (C=O) groups is 1. The number of aromatic nitrogens is 2. The first-order valence-corrected chi connectivity index (χ1v) is 7.11. The molecule has 2 atom stereocenters. The Hall–Kier alpha value is -1.92. The lowest BCUT2D eigenvalue weighted by Crippen LogP contribution is -2.41. The summed E-state index contributed by atoms with van der Waals surface area (Å²) in [7, 11) is 3.95. The Morgan fingerprint density at radius 3 is 3.10 bits per heavy atom. The number of carbonyl (C=O) groups excluding carboxylic acids is 1. The van der Waals surface area contributed by atoms with Crippen LogP contribution in [0.3, 0.4) is 0 Å². The van der Waals surface area contributed by atoms with E-state index in [1.54, 1.807) is 17.2 Å². The number of aliphatic hydroxyl groups excluding tert-OH is 1. The van der Waals surface area contributed by atoms with Crippen LogP contribution in [0.4, 0.5) is 0 Å². The number of likely N-dealkylation sites (N-methyl/N-ethyl adjacent to an activating group) is 1. The van der Waals surface area contributed by atoms with E-state index in [1.807, 2.05) is 31.1 Å². The molecule has 1 aliphatic heterocycles. The highest BCUT2D eigenvalue weighted by Gasteiger charge is 2.34. The highest BCUT2D eigenvalue weighted by atomic mass is 16.3. The number of aromatic amines is 1. The summed E-state index contributed by atoms with van der Waals surface area (Å²) >= 11 is 0. The van der Waals surface area contributed by atoms with E-state index in [0.29, 0.717) is 18.5 Å². The van der Waals surface area contributed by atoms with Crippen molar-refractivity contribution in [3.63, 3.8) is 0 Å². The second-order valence-electron chi connectivity index (χ2n) is 5.94. The summed E-state index contributed by atoms with van der Waals surface area (Å²) in [5.74, 6) is -0.0264. The quantitative estimate of drug-likeness (QED) is 0.872. The topological polar surface area (TPSA) is 72.5 Å². The maximum Gasteiger partial charge on any atom is 0.254 e. The maximum absolute atomic E-state index is 12.7. The molecule has 0 spiro atoms. The lowest BCUT2D eigenvalue weighted by molar-refractivity contribution is 0.0699. The molecule has 3 rings (SSSR count). The molecule has 2 N–H and O–H groups in total. The Morgan fingerprint density at radius 1 is 1.52 bits per heavy atom. The number of β-amino-alcohol motifs (C(OH)–C–C–N with tert-alkyl or cyclic N) is 1. The standard InChI is InChI=1S/C15H20N4O2/c1-18(2)8-12-6-13(20)9-19(12)15(21)10-3-4-14-11(5-10)7-16-17-14/h3-5,7,12-13,20H,6,8-9H2,1-2H3,(H,16,17). The molecule has 2 unspecified atom stereocenters. The smallest absolute Gasteiger partial charge is 0.254 e. The monoisotopic (exact) mass is 288 g/mol. The molecular weight excluding hydrogens is 268 g/mol. The van der Waals surface area contributed by atoms with E-state index in [4.69, 9.17) is 0 Å². The van der Waals surface area contributed by atoms with Gasteiger partial charge in [-0.05, 0) is 38.7 Å². The molecule has 1 amide bonds.